The van der Waals surface area contributed by atoms with Crippen molar-refractivity contribution in [3.63, 3.8) is 0 Å². The molecule has 1 aromatic heterocycles. The third kappa shape index (κ3) is 1.82. The van der Waals surface area contributed by atoms with E-state index < -0.39 is 5.97 Å². The number of carboxylic acid groups (broad SMARTS) is 1. The number of aromatic nitrogens is 2. The lowest BCUT2D eigenvalue weighted by Crippen LogP contribution is -2.26. The van der Waals surface area contributed by atoms with Crippen molar-refractivity contribution in [2.24, 2.45) is 5.92 Å². The molecule has 16 heavy (non-hydrogen) atoms. The number of hydrogen-bond acceptors (Lipinski definition) is 2. The van der Waals surface area contributed by atoms with Gasteiger partial charge in [0.05, 0.1) is 11.6 Å². The second kappa shape index (κ2) is 4.09. The van der Waals surface area contributed by atoms with Gasteiger partial charge in [-0.1, -0.05) is 25.4 Å². The summed E-state index contributed by atoms with van der Waals surface area (Å²) in [5, 5.41) is 9.60. The van der Waals surface area contributed by atoms with Crippen LogP contribution in [0.2, 0.25) is 5.15 Å². The van der Waals surface area contributed by atoms with Crippen LogP contribution in [-0.4, -0.2) is 20.6 Å². The summed E-state index contributed by atoms with van der Waals surface area (Å²) in [6, 6.07) is 0. The van der Waals surface area contributed by atoms with E-state index in [0.29, 0.717) is 24.5 Å². The third-order valence-corrected chi connectivity index (χ3v) is 3.42. The average Bonchev–Trinajstić information content (AvgIpc) is 2.56. The number of halogens is 1. The van der Waals surface area contributed by atoms with Crippen LogP contribution in [0.1, 0.15) is 37.7 Å². The number of fused-ring (bicyclic) bond motifs is 1. The van der Waals surface area contributed by atoms with Gasteiger partial charge in [0.2, 0.25) is 0 Å². The Bertz CT molecular complexity index is 426. The van der Waals surface area contributed by atoms with Crippen molar-refractivity contribution < 1.29 is 9.90 Å². The second-order valence-corrected chi connectivity index (χ2v) is 4.90. The van der Waals surface area contributed by atoms with E-state index in [1.165, 1.54) is 0 Å². The topological polar surface area (TPSA) is 55.1 Å². The molecule has 1 unspecified atom stereocenters. The second-order valence-electron chi connectivity index (χ2n) is 4.54. The van der Waals surface area contributed by atoms with E-state index in [-0.39, 0.29) is 11.8 Å². The molecule has 0 amide bonds. The van der Waals surface area contributed by atoms with Gasteiger partial charge in [-0.15, -0.1) is 0 Å². The highest BCUT2D eigenvalue weighted by atomic mass is 35.5. The molecule has 0 radical (unpaired) electrons. The number of hydrogen-bond donors (Lipinski definition) is 1. The van der Waals surface area contributed by atoms with Gasteiger partial charge in [0.1, 0.15) is 11.0 Å². The highest BCUT2D eigenvalue weighted by molar-refractivity contribution is 6.30. The molecule has 1 aromatic rings. The molecule has 2 heterocycles. The van der Waals surface area contributed by atoms with Crippen molar-refractivity contribution in [2.45, 2.75) is 39.2 Å². The number of imidazole rings is 1. The molecular weight excluding hydrogens is 228 g/mol. The Morgan fingerprint density at radius 3 is 2.88 bits per heavy atom. The number of carbonyl (C=O) groups is 1. The highest BCUT2D eigenvalue weighted by Gasteiger charge is 2.28. The molecule has 0 aromatic carbocycles. The molecule has 0 aliphatic carbocycles. The zero-order valence-electron chi connectivity index (χ0n) is 9.40. The molecule has 0 spiro atoms. The van der Waals surface area contributed by atoms with Gasteiger partial charge < -0.3 is 9.67 Å². The first kappa shape index (κ1) is 11.5. The Morgan fingerprint density at radius 2 is 2.31 bits per heavy atom. The average molecular weight is 243 g/mol. The summed E-state index contributed by atoms with van der Waals surface area (Å²) < 4.78 is 1.85. The van der Waals surface area contributed by atoms with E-state index >= 15 is 0 Å². The van der Waals surface area contributed by atoms with Crippen LogP contribution >= 0.6 is 11.6 Å². The molecular formula is C11H15ClN2O2. The molecule has 1 aliphatic heterocycles. The summed E-state index contributed by atoms with van der Waals surface area (Å²) in [6.45, 7) is 4.52. The molecule has 1 N–H and O–H groups in total. The van der Waals surface area contributed by atoms with Crippen molar-refractivity contribution in [2.75, 3.05) is 0 Å². The van der Waals surface area contributed by atoms with Gasteiger partial charge in [-0.05, 0) is 12.3 Å². The van der Waals surface area contributed by atoms with Crippen LogP contribution in [0.15, 0.2) is 0 Å². The molecule has 88 valence electrons. The first-order valence-corrected chi connectivity index (χ1v) is 5.86. The fraction of sp³-hybridized carbons (Fsp3) is 0.636. The lowest BCUT2D eigenvalue weighted by atomic mass is 10.00. The van der Waals surface area contributed by atoms with Crippen LogP contribution in [0.4, 0.5) is 0 Å². The number of rotatable bonds is 2. The summed E-state index contributed by atoms with van der Waals surface area (Å²) in [5.41, 5.74) is 0.878. The number of aryl methyl sites for hydroxylation is 1. The summed E-state index contributed by atoms with van der Waals surface area (Å²) in [7, 11) is 0. The van der Waals surface area contributed by atoms with Crippen molar-refractivity contribution >= 4 is 17.6 Å². The smallest absolute Gasteiger partial charge is 0.308 e. The van der Waals surface area contributed by atoms with E-state index in [1.54, 1.807) is 0 Å². The zero-order valence-corrected chi connectivity index (χ0v) is 10.2. The number of carboxylic acids is 1. The van der Waals surface area contributed by atoms with Gasteiger partial charge in [-0.2, -0.15) is 0 Å². The van der Waals surface area contributed by atoms with E-state index in [1.807, 2.05) is 18.4 Å². The monoisotopic (exact) mass is 242 g/mol. The molecule has 2 rings (SSSR count). The van der Waals surface area contributed by atoms with Gasteiger partial charge >= 0.3 is 5.97 Å². The summed E-state index contributed by atoms with van der Waals surface area (Å²) in [6.07, 6.45) is 1.35. The maximum Gasteiger partial charge on any atom is 0.308 e. The Hall–Kier alpha value is -1.03. The van der Waals surface area contributed by atoms with E-state index in [2.05, 4.69) is 4.98 Å². The van der Waals surface area contributed by atoms with Gasteiger partial charge in [0, 0.05) is 13.0 Å². The highest BCUT2D eigenvalue weighted by Crippen LogP contribution is 2.30. The number of aliphatic carboxylic acids is 1. The lowest BCUT2D eigenvalue weighted by molar-refractivity contribution is -0.142. The predicted molar refractivity (Wildman–Crippen MR) is 60.8 cm³/mol. The van der Waals surface area contributed by atoms with Crippen molar-refractivity contribution in [3.8, 4) is 0 Å². The van der Waals surface area contributed by atoms with Crippen molar-refractivity contribution in [1.29, 1.82) is 0 Å². The first-order valence-electron chi connectivity index (χ1n) is 5.48. The third-order valence-electron chi connectivity index (χ3n) is 3.02. The van der Waals surface area contributed by atoms with Crippen LogP contribution in [0.25, 0.3) is 0 Å². The van der Waals surface area contributed by atoms with Gasteiger partial charge in [0.15, 0.2) is 0 Å². The summed E-state index contributed by atoms with van der Waals surface area (Å²) in [4.78, 5) is 15.4. The quantitative estimate of drug-likeness (QED) is 0.866. The van der Waals surface area contributed by atoms with E-state index in [4.69, 9.17) is 16.7 Å². The van der Waals surface area contributed by atoms with Gasteiger partial charge in [-0.25, -0.2) is 4.98 Å². The van der Waals surface area contributed by atoms with Crippen LogP contribution in [0.3, 0.4) is 0 Å². The Balaban J connectivity index is 2.34. The Morgan fingerprint density at radius 1 is 1.62 bits per heavy atom. The molecule has 1 atom stereocenters. The minimum Gasteiger partial charge on any atom is -0.481 e. The van der Waals surface area contributed by atoms with E-state index in [9.17, 15) is 4.79 Å². The summed E-state index contributed by atoms with van der Waals surface area (Å²) in [5.74, 6) is 0.112. The normalized spacial score (nSPS) is 19.9. The minimum absolute atomic E-state index is 0.272. The predicted octanol–water partition coefficient (Wildman–Crippen LogP) is 2.31. The van der Waals surface area contributed by atoms with E-state index in [0.717, 1.165) is 11.5 Å². The van der Waals surface area contributed by atoms with Crippen molar-refractivity contribution in [1.82, 2.24) is 9.55 Å². The number of nitrogens with zero attached hydrogens (tertiary/aromatic N) is 2. The van der Waals surface area contributed by atoms with Crippen LogP contribution in [0, 0.1) is 5.92 Å². The maximum absolute atomic E-state index is 10.9. The largest absolute Gasteiger partial charge is 0.481 e. The fourth-order valence-corrected chi connectivity index (χ4v) is 2.48. The molecule has 0 bridgehead atoms. The SMILES string of the molecule is CC(C)c1nc2n(c1Cl)CC(C(=O)O)CC2. The minimum atomic E-state index is -0.749. The molecule has 4 nitrogen and oxygen atoms in total. The zero-order chi connectivity index (χ0) is 11.9. The van der Waals surface area contributed by atoms with Crippen molar-refractivity contribution in [3.05, 3.63) is 16.7 Å². The molecule has 0 saturated heterocycles. The molecule has 0 fully saturated rings. The van der Waals surface area contributed by atoms with Crippen LogP contribution in [-0.2, 0) is 17.8 Å². The van der Waals surface area contributed by atoms with Gasteiger partial charge in [0.25, 0.3) is 0 Å². The molecule has 1 aliphatic rings. The Labute approximate surface area is 99.2 Å². The molecule has 5 heteroatoms. The Kier molecular flexibility index (Phi) is 2.93. The van der Waals surface area contributed by atoms with Crippen LogP contribution < -0.4 is 0 Å². The fourth-order valence-electron chi connectivity index (χ4n) is 2.06. The maximum atomic E-state index is 10.9. The lowest BCUT2D eigenvalue weighted by Gasteiger charge is -2.20. The first-order chi connectivity index (χ1) is 7.50. The molecule has 0 saturated carbocycles. The van der Waals surface area contributed by atoms with Gasteiger partial charge in [-0.3, -0.25) is 4.79 Å². The standard InChI is InChI=1S/C11H15ClN2O2/c1-6(2)9-10(12)14-5-7(11(15)16)3-4-8(14)13-9/h6-7H,3-5H2,1-2H3,(H,15,16). The summed E-state index contributed by atoms with van der Waals surface area (Å²) >= 11 is 6.21. The van der Waals surface area contributed by atoms with Crippen LogP contribution in [0.5, 0.6) is 0 Å².